The Hall–Kier alpha value is -1.38. The number of pyridine rings is 1. The average Bonchev–Trinajstić information content (AvgIpc) is 2.18. The second-order valence-corrected chi connectivity index (χ2v) is 2.94. The molecule has 0 atom stereocenters. The number of carbonyl (C=O) groups excluding carboxylic acids is 1. The molecule has 1 aromatic heterocycles. The van der Waals surface area contributed by atoms with Crippen LogP contribution in [0.15, 0.2) is 24.4 Å². The van der Waals surface area contributed by atoms with Crippen LogP contribution in [0.4, 0.5) is 0 Å². The fourth-order valence-electron chi connectivity index (χ4n) is 1.12. The number of amides is 1. The van der Waals surface area contributed by atoms with Crippen LogP contribution in [0.1, 0.15) is 23.8 Å². The normalized spacial score (nSPS) is 9.69. The molecule has 0 aliphatic rings. The predicted octanol–water partition coefficient (Wildman–Crippen LogP) is 1.56. The molecule has 0 saturated carbocycles. The molecule has 0 saturated heterocycles. The highest BCUT2D eigenvalue weighted by molar-refractivity contribution is 5.91. The molecule has 3 nitrogen and oxygen atoms in total. The van der Waals surface area contributed by atoms with Crippen LogP contribution < -0.4 is 0 Å². The Kier molecular flexibility index (Phi) is 3.43. The maximum Gasteiger partial charge on any atom is 0.272 e. The van der Waals surface area contributed by atoms with Crippen molar-refractivity contribution in [1.82, 2.24) is 9.88 Å². The van der Waals surface area contributed by atoms with Crippen molar-refractivity contribution in [3.63, 3.8) is 0 Å². The number of hydrogen-bond acceptors (Lipinski definition) is 2. The van der Waals surface area contributed by atoms with Crippen molar-refractivity contribution in [3.05, 3.63) is 30.1 Å². The van der Waals surface area contributed by atoms with Gasteiger partial charge < -0.3 is 4.90 Å². The molecule has 70 valence electrons. The number of carbonyl (C=O) groups is 1. The van der Waals surface area contributed by atoms with E-state index in [1.165, 1.54) is 0 Å². The molecular weight excluding hydrogens is 164 g/mol. The largest absolute Gasteiger partial charge is 0.340 e. The molecule has 0 spiro atoms. The first-order valence-electron chi connectivity index (χ1n) is 4.42. The minimum Gasteiger partial charge on any atom is -0.340 e. The van der Waals surface area contributed by atoms with Gasteiger partial charge in [0, 0.05) is 19.8 Å². The van der Waals surface area contributed by atoms with Crippen molar-refractivity contribution >= 4 is 5.91 Å². The van der Waals surface area contributed by atoms with Crippen LogP contribution in [0.2, 0.25) is 0 Å². The highest BCUT2D eigenvalue weighted by Gasteiger charge is 2.10. The van der Waals surface area contributed by atoms with Crippen molar-refractivity contribution in [2.24, 2.45) is 0 Å². The minimum atomic E-state index is -0.0116. The van der Waals surface area contributed by atoms with Gasteiger partial charge in [-0.15, -0.1) is 0 Å². The van der Waals surface area contributed by atoms with Crippen LogP contribution in [0.25, 0.3) is 0 Å². The minimum absolute atomic E-state index is 0.0116. The van der Waals surface area contributed by atoms with Crippen LogP contribution in [-0.2, 0) is 0 Å². The fourth-order valence-corrected chi connectivity index (χ4v) is 1.12. The summed E-state index contributed by atoms with van der Waals surface area (Å²) >= 11 is 0. The predicted molar refractivity (Wildman–Crippen MR) is 51.5 cm³/mol. The Labute approximate surface area is 78.4 Å². The van der Waals surface area contributed by atoms with E-state index in [0.717, 1.165) is 13.0 Å². The summed E-state index contributed by atoms with van der Waals surface area (Å²) in [6.07, 6.45) is 2.60. The van der Waals surface area contributed by atoms with E-state index in [9.17, 15) is 4.79 Å². The molecule has 1 aromatic rings. The number of hydrogen-bond donors (Lipinski definition) is 0. The van der Waals surface area contributed by atoms with Gasteiger partial charge in [-0.1, -0.05) is 13.0 Å². The Bertz CT molecular complexity index is 272. The van der Waals surface area contributed by atoms with Crippen molar-refractivity contribution < 1.29 is 4.79 Å². The quantitative estimate of drug-likeness (QED) is 0.703. The van der Waals surface area contributed by atoms with Gasteiger partial charge in [0.25, 0.3) is 5.91 Å². The summed E-state index contributed by atoms with van der Waals surface area (Å²) in [5.41, 5.74) is 0.512. The lowest BCUT2D eigenvalue weighted by Crippen LogP contribution is -2.27. The summed E-state index contributed by atoms with van der Waals surface area (Å²) in [6, 6.07) is 5.35. The molecule has 0 fully saturated rings. The van der Waals surface area contributed by atoms with Crippen LogP contribution in [0.3, 0.4) is 0 Å². The van der Waals surface area contributed by atoms with E-state index < -0.39 is 0 Å². The van der Waals surface area contributed by atoms with Crippen molar-refractivity contribution in [2.45, 2.75) is 13.3 Å². The number of rotatable bonds is 3. The maximum atomic E-state index is 11.6. The van der Waals surface area contributed by atoms with Gasteiger partial charge in [-0.3, -0.25) is 9.78 Å². The fraction of sp³-hybridized carbons (Fsp3) is 0.400. The molecule has 13 heavy (non-hydrogen) atoms. The number of aromatic nitrogens is 1. The molecule has 0 bridgehead atoms. The lowest BCUT2D eigenvalue weighted by atomic mass is 10.3. The first kappa shape index (κ1) is 9.71. The SMILES string of the molecule is CCCN(C)C(=O)c1ccccn1. The van der Waals surface area contributed by atoms with Gasteiger partial charge >= 0.3 is 0 Å². The maximum absolute atomic E-state index is 11.6. The second kappa shape index (κ2) is 4.60. The van der Waals surface area contributed by atoms with E-state index in [1.807, 2.05) is 13.0 Å². The molecule has 1 amide bonds. The van der Waals surface area contributed by atoms with E-state index in [-0.39, 0.29) is 5.91 Å². The smallest absolute Gasteiger partial charge is 0.272 e. The highest BCUT2D eigenvalue weighted by atomic mass is 16.2. The summed E-state index contributed by atoms with van der Waals surface area (Å²) in [5.74, 6) is -0.0116. The van der Waals surface area contributed by atoms with Crippen LogP contribution in [0, 0.1) is 0 Å². The van der Waals surface area contributed by atoms with Crippen molar-refractivity contribution in [2.75, 3.05) is 13.6 Å². The van der Waals surface area contributed by atoms with E-state index >= 15 is 0 Å². The standard InChI is InChI=1S/C10H14N2O/c1-3-8-12(2)10(13)9-6-4-5-7-11-9/h4-7H,3,8H2,1-2H3. The average molecular weight is 178 g/mol. The summed E-state index contributed by atoms with van der Waals surface area (Å²) < 4.78 is 0. The third kappa shape index (κ3) is 2.54. The first-order valence-corrected chi connectivity index (χ1v) is 4.42. The third-order valence-electron chi connectivity index (χ3n) is 1.79. The van der Waals surface area contributed by atoms with E-state index in [4.69, 9.17) is 0 Å². The molecule has 0 unspecified atom stereocenters. The van der Waals surface area contributed by atoms with Gasteiger partial charge in [-0.05, 0) is 18.6 Å². The highest BCUT2D eigenvalue weighted by Crippen LogP contribution is 1.99. The molecule has 0 aliphatic heterocycles. The summed E-state index contributed by atoms with van der Waals surface area (Å²) in [5, 5.41) is 0. The van der Waals surface area contributed by atoms with Gasteiger partial charge in [-0.25, -0.2) is 0 Å². The Balaban J connectivity index is 2.68. The molecule has 1 heterocycles. The molecule has 0 aliphatic carbocycles. The lowest BCUT2D eigenvalue weighted by Gasteiger charge is -2.14. The Morgan fingerprint density at radius 2 is 2.31 bits per heavy atom. The Morgan fingerprint density at radius 3 is 2.85 bits per heavy atom. The second-order valence-electron chi connectivity index (χ2n) is 2.94. The van der Waals surface area contributed by atoms with E-state index in [2.05, 4.69) is 4.98 Å². The lowest BCUT2D eigenvalue weighted by molar-refractivity contribution is 0.0789. The topological polar surface area (TPSA) is 33.2 Å². The summed E-state index contributed by atoms with van der Waals surface area (Å²) in [7, 11) is 1.79. The zero-order valence-electron chi connectivity index (χ0n) is 8.03. The van der Waals surface area contributed by atoms with Crippen LogP contribution in [-0.4, -0.2) is 29.4 Å². The van der Waals surface area contributed by atoms with Gasteiger partial charge in [-0.2, -0.15) is 0 Å². The van der Waals surface area contributed by atoms with Crippen molar-refractivity contribution in [3.8, 4) is 0 Å². The first-order chi connectivity index (χ1) is 6.25. The molecule has 3 heteroatoms. The summed E-state index contributed by atoms with van der Waals surface area (Å²) in [4.78, 5) is 17.3. The van der Waals surface area contributed by atoms with Gasteiger partial charge in [0.05, 0.1) is 0 Å². The van der Waals surface area contributed by atoms with Crippen molar-refractivity contribution in [1.29, 1.82) is 0 Å². The number of nitrogens with zero attached hydrogens (tertiary/aromatic N) is 2. The van der Waals surface area contributed by atoms with Crippen LogP contribution >= 0.6 is 0 Å². The van der Waals surface area contributed by atoms with Gasteiger partial charge in [0.15, 0.2) is 0 Å². The molecule has 0 N–H and O–H groups in total. The molecule has 0 aromatic carbocycles. The van der Waals surface area contributed by atoms with Gasteiger partial charge in [0.1, 0.15) is 5.69 Å². The van der Waals surface area contributed by atoms with E-state index in [1.54, 1.807) is 30.3 Å². The zero-order valence-corrected chi connectivity index (χ0v) is 8.03. The third-order valence-corrected chi connectivity index (χ3v) is 1.79. The monoisotopic (exact) mass is 178 g/mol. The molecule has 0 radical (unpaired) electrons. The zero-order chi connectivity index (χ0) is 9.68. The Morgan fingerprint density at radius 1 is 1.54 bits per heavy atom. The van der Waals surface area contributed by atoms with Crippen LogP contribution in [0.5, 0.6) is 0 Å². The molecule has 1 rings (SSSR count). The van der Waals surface area contributed by atoms with E-state index in [0.29, 0.717) is 5.69 Å². The summed E-state index contributed by atoms with van der Waals surface area (Å²) in [6.45, 7) is 2.82. The molecular formula is C10H14N2O. The van der Waals surface area contributed by atoms with Gasteiger partial charge in [0.2, 0.25) is 0 Å².